The van der Waals surface area contributed by atoms with Crippen molar-refractivity contribution in [1.29, 1.82) is 0 Å². The highest BCUT2D eigenvalue weighted by atomic mass is 16.5. The van der Waals surface area contributed by atoms with Gasteiger partial charge >= 0.3 is 0 Å². The summed E-state index contributed by atoms with van der Waals surface area (Å²) in [6, 6.07) is 13.4. The molecule has 0 spiro atoms. The largest absolute Gasteiger partial charge is 0.494 e. The fraction of sp³-hybridized carbons (Fsp3) is 0.286. The van der Waals surface area contributed by atoms with Crippen molar-refractivity contribution < 1.29 is 14.3 Å². The number of amides is 1. The molecule has 26 heavy (non-hydrogen) atoms. The Morgan fingerprint density at radius 1 is 1.04 bits per heavy atom. The van der Waals surface area contributed by atoms with E-state index >= 15 is 0 Å². The summed E-state index contributed by atoms with van der Waals surface area (Å²) >= 11 is 0. The summed E-state index contributed by atoms with van der Waals surface area (Å²) in [5, 5.41) is 2.86. The minimum atomic E-state index is -0.226. The van der Waals surface area contributed by atoms with E-state index in [9.17, 15) is 4.79 Å². The van der Waals surface area contributed by atoms with Gasteiger partial charge in [-0.25, -0.2) is 0 Å². The normalized spacial score (nSPS) is 10.6. The lowest BCUT2D eigenvalue weighted by atomic mass is 10.2. The first kappa shape index (κ1) is 19.4. The number of carbonyl (C=O) groups excluding carboxylic acids is 1. The molecule has 0 fully saturated rings. The summed E-state index contributed by atoms with van der Waals surface area (Å²) in [5.74, 6) is 1.08. The Kier molecular flexibility index (Phi) is 7.09. The molecule has 0 radical (unpaired) electrons. The van der Waals surface area contributed by atoms with E-state index in [0.29, 0.717) is 30.4 Å². The van der Waals surface area contributed by atoms with E-state index in [0.717, 1.165) is 11.3 Å². The van der Waals surface area contributed by atoms with Crippen molar-refractivity contribution in [3.8, 4) is 11.5 Å². The Labute approximate surface area is 155 Å². The zero-order valence-electron chi connectivity index (χ0n) is 15.8. The lowest BCUT2D eigenvalue weighted by Gasteiger charge is -2.13. The molecule has 0 saturated carbocycles. The molecular formula is C21H26N2O3. The summed E-state index contributed by atoms with van der Waals surface area (Å²) in [6.45, 7) is 4.90. The van der Waals surface area contributed by atoms with Gasteiger partial charge < -0.3 is 19.7 Å². The molecular weight excluding hydrogens is 328 g/mol. The van der Waals surface area contributed by atoms with Crippen LogP contribution in [-0.4, -0.2) is 33.2 Å². The van der Waals surface area contributed by atoms with Crippen molar-refractivity contribution in [1.82, 2.24) is 0 Å². The quantitative estimate of drug-likeness (QED) is 0.722. The van der Waals surface area contributed by atoms with Gasteiger partial charge in [0.2, 0.25) is 5.91 Å². The van der Waals surface area contributed by atoms with Crippen LogP contribution in [0.4, 0.5) is 11.4 Å². The molecule has 0 aliphatic heterocycles. The Balaban J connectivity index is 2.09. The summed E-state index contributed by atoms with van der Waals surface area (Å²) in [6.07, 6.45) is 3.29. The molecule has 0 aromatic heterocycles. The van der Waals surface area contributed by atoms with Crippen LogP contribution in [0.5, 0.6) is 11.5 Å². The average Bonchev–Trinajstić information content (AvgIpc) is 2.63. The number of benzene rings is 2. The molecule has 0 bridgehead atoms. The van der Waals surface area contributed by atoms with E-state index in [-0.39, 0.29) is 5.91 Å². The van der Waals surface area contributed by atoms with Gasteiger partial charge in [-0.15, -0.1) is 0 Å². The van der Waals surface area contributed by atoms with Crippen molar-refractivity contribution in [3.05, 3.63) is 54.1 Å². The van der Waals surface area contributed by atoms with Crippen molar-refractivity contribution in [3.63, 3.8) is 0 Å². The van der Waals surface area contributed by atoms with Gasteiger partial charge in [0.1, 0.15) is 11.5 Å². The van der Waals surface area contributed by atoms with Crippen LogP contribution in [0.2, 0.25) is 0 Å². The highest BCUT2D eigenvalue weighted by molar-refractivity contribution is 6.02. The fourth-order valence-corrected chi connectivity index (χ4v) is 2.37. The predicted molar refractivity (Wildman–Crippen MR) is 107 cm³/mol. The molecule has 5 heteroatoms. The second-order valence-corrected chi connectivity index (χ2v) is 5.83. The minimum absolute atomic E-state index is 0.226. The molecule has 2 rings (SSSR count). The lowest BCUT2D eigenvalue weighted by Crippen LogP contribution is -2.10. The smallest absolute Gasteiger partial charge is 0.248 e. The van der Waals surface area contributed by atoms with Gasteiger partial charge in [-0.3, -0.25) is 4.79 Å². The van der Waals surface area contributed by atoms with Crippen LogP contribution >= 0.6 is 0 Å². The predicted octanol–water partition coefficient (Wildman–Crippen LogP) is 4.20. The van der Waals surface area contributed by atoms with E-state index in [2.05, 4.69) is 5.32 Å². The molecule has 1 N–H and O–H groups in total. The van der Waals surface area contributed by atoms with Crippen LogP contribution in [-0.2, 0) is 4.79 Å². The van der Waals surface area contributed by atoms with Crippen LogP contribution < -0.4 is 19.7 Å². The zero-order chi connectivity index (χ0) is 18.9. The third kappa shape index (κ3) is 5.55. The van der Waals surface area contributed by atoms with E-state index in [1.165, 1.54) is 6.08 Å². The number of anilines is 2. The average molecular weight is 354 g/mol. The highest BCUT2D eigenvalue weighted by Crippen LogP contribution is 2.29. The van der Waals surface area contributed by atoms with Crippen LogP contribution in [0.3, 0.4) is 0 Å². The van der Waals surface area contributed by atoms with E-state index in [4.69, 9.17) is 9.47 Å². The third-order valence-electron chi connectivity index (χ3n) is 3.66. The number of nitrogens with one attached hydrogen (secondary N) is 1. The molecule has 138 valence electrons. The molecule has 2 aromatic carbocycles. The molecule has 0 unspecified atom stereocenters. The van der Waals surface area contributed by atoms with Gasteiger partial charge in [-0.1, -0.05) is 12.1 Å². The van der Waals surface area contributed by atoms with Gasteiger partial charge in [0, 0.05) is 31.9 Å². The van der Waals surface area contributed by atoms with Crippen molar-refractivity contribution in [2.45, 2.75) is 13.8 Å². The van der Waals surface area contributed by atoms with Crippen molar-refractivity contribution in [2.24, 2.45) is 0 Å². The first-order chi connectivity index (χ1) is 12.5. The maximum atomic E-state index is 12.3. The molecule has 2 aromatic rings. The second kappa shape index (κ2) is 9.51. The Morgan fingerprint density at radius 2 is 1.73 bits per heavy atom. The molecule has 0 heterocycles. The van der Waals surface area contributed by atoms with E-state index in [1.807, 2.05) is 63.2 Å². The van der Waals surface area contributed by atoms with Gasteiger partial charge in [0.15, 0.2) is 0 Å². The highest BCUT2D eigenvalue weighted by Gasteiger charge is 2.08. The number of rotatable bonds is 8. The first-order valence-corrected chi connectivity index (χ1v) is 8.69. The van der Waals surface area contributed by atoms with Crippen LogP contribution in [0, 0.1) is 0 Å². The number of carbonyl (C=O) groups is 1. The number of hydrogen-bond donors (Lipinski definition) is 1. The summed E-state index contributed by atoms with van der Waals surface area (Å²) in [5.41, 5.74) is 2.66. The second-order valence-electron chi connectivity index (χ2n) is 5.83. The van der Waals surface area contributed by atoms with E-state index in [1.54, 1.807) is 18.2 Å². The Hall–Kier alpha value is -2.95. The van der Waals surface area contributed by atoms with Gasteiger partial charge in [0.05, 0.1) is 18.9 Å². The van der Waals surface area contributed by atoms with Gasteiger partial charge in [0.25, 0.3) is 0 Å². The maximum absolute atomic E-state index is 12.3. The van der Waals surface area contributed by atoms with Crippen molar-refractivity contribution in [2.75, 3.05) is 37.5 Å². The van der Waals surface area contributed by atoms with Crippen LogP contribution in [0.15, 0.2) is 48.5 Å². The number of hydrogen-bond acceptors (Lipinski definition) is 4. The molecule has 0 aliphatic rings. The Bertz CT molecular complexity index is 752. The molecule has 0 aliphatic carbocycles. The van der Waals surface area contributed by atoms with Crippen LogP contribution in [0.1, 0.15) is 19.4 Å². The number of ether oxygens (including phenoxy) is 2. The maximum Gasteiger partial charge on any atom is 0.248 e. The van der Waals surface area contributed by atoms with Gasteiger partial charge in [-0.05, 0) is 49.8 Å². The summed E-state index contributed by atoms with van der Waals surface area (Å²) in [4.78, 5) is 14.3. The lowest BCUT2D eigenvalue weighted by molar-refractivity contribution is -0.111. The molecule has 5 nitrogen and oxygen atoms in total. The zero-order valence-corrected chi connectivity index (χ0v) is 15.8. The van der Waals surface area contributed by atoms with Crippen molar-refractivity contribution >= 4 is 23.4 Å². The third-order valence-corrected chi connectivity index (χ3v) is 3.66. The topological polar surface area (TPSA) is 50.8 Å². The first-order valence-electron chi connectivity index (χ1n) is 8.69. The summed E-state index contributed by atoms with van der Waals surface area (Å²) in [7, 11) is 3.98. The molecule has 1 amide bonds. The molecule has 0 atom stereocenters. The standard InChI is InChI=1S/C21H26N2O3/c1-5-25-18-12-13-20(26-6-2)19(15-18)22-21(24)14-9-16-7-10-17(11-8-16)23(3)4/h7-15H,5-6H2,1-4H3,(H,22,24)/b14-9+. The Morgan fingerprint density at radius 3 is 2.35 bits per heavy atom. The number of nitrogens with zero attached hydrogens (tertiary/aromatic N) is 1. The van der Waals surface area contributed by atoms with E-state index < -0.39 is 0 Å². The molecule has 0 saturated heterocycles. The van der Waals surface area contributed by atoms with Gasteiger partial charge in [-0.2, -0.15) is 0 Å². The monoisotopic (exact) mass is 354 g/mol. The minimum Gasteiger partial charge on any atom is -0.494 e. The fourth-order valence-electron chi connectivity index (χ4n) is 2.37. The van der Waals surface area contributed by atoms with Crippen LogP contribution in [0.25, 0.3) is 6.08 Å². The summed E-state index contributed by atoms with van der Waals surface area (Å²) < 4.78 is 11.1. The SMILES string of the molecule is CCOc1ccc(OCC)c(NC(=O)/C=C/c2ccc(N(C)C)cc2)c1.